The van der Waals surface area contributed by atoms with E-state index in [-0.39, 0.29) is 30.6 Å². The number of aliphatic imine (C=N–C) groups is 1. The molecule has 0 saturated carbocycles. The smallest absolute Gasteiger partial charge is 0.326 e. The van der Waals surface area contributed by atoms with Gasteiger partial charge in [0.1, 0.15) is 18.1 Å². The number of nitrogens with one attached hydrogen (secondary N) is 3. The van der Waals surface area contributed by atoms with Crippen LogP contribution in [0, 0.1) is 5.92 Å². The fourth-order valence-corrected chi connectivity index (χ4v) is 2.88. The van der Waals surface area contributed by atoms with E-state index in [1.54, 1.807) is 13.8 Å². The minimum absolute atomic E-state index is 0.0254. The highest BCUT2D eigenvalue weighted by atomic mass is 32.1. The van der Waals surface area contributed by atoms with Crippen molar-refractivity contribution >= 4 is 42.3 Å². The Morgan fingerprint density at radius 2 is 1.55 bits per heavy atom. The van der Waals surface area contributed by atoms with Crippen molar-refractivity contribution in [2.24, 2.45) is 28.1 Å². The molecular formula is C19H37N7O6S. The standard InChI is InChI=1S/C19H37N7O6S/c1-4-9(2)13(16(29)24-12(18(31)32)6-5-7-23-19(21)22)25-17(30)14(10(3)27)26-15(28)11(20)8-33/h9-14,27,33H,4-8,20H2,1-3H3,(H,24,29)(H,25,30)(H,26,28)(H,31,32)(H4,21,22,23). The number of carbonyl (C=O) groups is 4. The van der Waals surface area contributed by atoms with E-state index in [9.17, 15) is 29.4 Å². The second kappa shape index (κ2) is 15.3. The summed E-state index contributed by atoms with van der Waals surface area (Å²) in [5.41, 5.74) is 16.1. The van der Waals surface area contributed by atoms with Crippen molar-refractivity contribution in [1.82, 2.24) is 16.0 Å². The summed E-state index contributed by atoms with van der Waals surface area (Å²) in [7, 11) is 0. The van der Waals surface area contributed by atoms with Gasteiger partial charge in [-0.05, 0) is 25.7 Å². The third kappa shape index (κ3) is 11.2. The fourth-order valence-electron chi connectivity index (χ4n) is 2.72. The molecule has 6 atom stereocenters. The molecule has 0 aliphatic carbocycles. The van der Waals surface area contributed by atoms with Crippen molar-refractivity contribution in [3.8, 4) is 0 Å². The number of aliphatic hydroxyl groups excluding tert-OH is 1. The van der Waals surface area contributed by atoms with Crippen LogP contribution in [0.1, 0.15) is 40.0 Å². The SMILES string of the molecule is CCC(C)C(NC(=O)C(NC(=O)C(N)CS)C(C)O)C(=O)NC(CCCN=C(N)N)C(=O)O. The van der Waals surface area contributed by atoms with Gasteiger partial charge < -0.3 is 43.4 Å². The van der Waals surface area contributed by atoms with Crippen LogP contribution in [0.2, 0.25) is 0 Å². The average Bonchev–Trinajstić information content (AvgIpc) is 2.75. The van der Waals surface area contributed by atoms with Crippen LogP contribution in [-0.4, -0.2) is 82.4 Å². The van der Waals surface area contributed by atoms with E-state index in [2.05, 4.69) is 33.6 Å². The van der Waals surface area contributed by atoms with Gasteiger partial charge in [0, 0.05) is 12.3 Å². The van der Waals surface area contributed by atoms with Crippen LogP contribution >= 0.6 is 12.6 Å². The first-order valence-electron chi connectivity index (χ1n) is 10.6. The molecule has 14 heteroatoms. The largest absolute Gasteiger partial charge is 0.480 e. The van der Waals surface area contributed by atoms with Crippen molar-refractivity contribution in [1.29, 1.82) is 0 Å². The molecule has 0 saturated heterocycles. The Morgan fingerprint density at radius 3 is 2.00 bits per heavy atom. The van der Waals surface area contributed by atoms with Crippen LogP contribution in [0.4, 0.5) is 0 Å². The first kappa shape index (κ1) is 30.4. The van der Waals surface area contributed by atoms with Gasteiger partial charge in [-0.25, -0.2) is 4.79 Å². The molecule has 0 aliphatic heterocycles. The van der Waals surface area contributed by atoms with Gasteiger partial charge in [0.25, 0.3) is 0 Å². The third-order valence-electron chi connectivity index (χ3n) is 4.95. The number of aliphatic hydroxyl groups is 1. The number of amides is 3. The lowest BCUT2D eigenvalue weighted by atomic mass is 9.97. The molecule has 33 heavy (non-hydrogen) atoms. The Bertz CT molecular complexity index is 702. The number of hydrogen-bond donors (Lipinski definition) is 9. The predicted octanol–water partition coefficient (Wildman–Crippen LogP) is -2.74. The minimum Gasteiger partial charge on any atom is -0.480 e. The third-order valence-corrected chi connectivity index (χ3v) is 5.34. The van der Waals surface area contributed by atoms with Crippen LogP contribution in [-0.2, 0) is 19.2 Å². The van der Waals surface area contributed by atoms with Crippen molar-refractivity contribution < 1.29 is 29.4 Å². The summed E-state index contributed by atoms with van der Waals surface area (Å²) in [6.07, 6.45) is -0.440. The van der Waals surface area contributed by atoms with E-state index in [1.807, 2.05) is 0 Å². The van der Waals surface area contributed by atoms with Crippen LogP contribution in [0.3, 0.4) is 0 Å². The van der Waals surface area contributed by atoms with Crippen molar-refractivity contribution in [3.63, 3.8) is 0 Å². The van der Waals surface area contributed by atoms with E-state index < -0.39 is 54.0 Å². The van der Waals surface area contributed by atoms with Gasteiger partial charge in [-0.1, -0.05) is 20.3 Å². The molecule has 0 fully saturated rings. The Labute approximate surface area is 198 Å². The predicted molar refractivity (Wildman–Crippen MR) is 126 cm³/mol. The van der Waals surface area contributed by atoms with Gasteiger partial charge >= 0.3 is 5.97 Å². The second-order valence-electron chi connectivity index (χ2n) is 7.74. The van der Waals surface area contributed by atoms with Crippen LogP contribution < -0.4 is 33.2 Å². The Morgan fingerprint density at radius 1 is 1.00 bits per heavy atom. The van der Waals surface area contributed by atoms with Crippen molar-refractivity contribution in [2.45, 2.75) is 70.3 Å². The quantitative estimate of drug-likeness (QED) is 0.0499. The molecule has 0 aliphatic rings. The first-order valence-corrected chi connectivity index (χ1v) is 11.2. The summed E-state index contributed by atoms with van der Waals surface area (Å²) < 4.78 is 0. The molecule has 0 bridgehead atoms. The lowest BCUT2D eigenvalue weighted by Crippen LogP contribution is -2.61. The fraction of sp³-hybridized carbons (Fsp3) is 0.737. The molecule has 11 N–H and O–H groups in total. The summed E-state index contributed by atoms with van der Waals surface area (Å²) in [5, 5.41) is 26.7. The van der Waals surface area contributed by atoms with Gasteiger partial charge in [0.15, 0.2) is 5.96 Å². The van der Waals surface area contributed by atoms with Crippen LogP contribution in [0.5, 0.6) is 0 Å². The highest BCUT2D eigenvalue weighted by molar-refractivity contribution is 7.80. The van der Waals surface area contributed by atoms with E-state index in [0.29, 0.717) is 12.8 Å². The zero-order chi connectivity index (χ0) is 25.7. The highest BCUT2D eigenvalue weighted by Gasteiger charge is 2.34. The van der Waals surface area contributed by atoms with Gasteiger partial charge in [-0.15, -0.1) is 0 Å². The zero-order valence-electron chi connectivity index (χ0n) is 19.2. The molecule has 0 spiro atoms. The zero-order valence-corrected chi connectivity index (χ0v) is 20.0. The molecule has 0 radical (unpaired) electrons. The number of rotatable bonds is 15. The Balaban J connectivity index is 5.40. The molecule has 190 valence electrons. The molecule has 13 nitrogen and oxygen atoms in total. The molecule has 3 amide bonds. The van der Waals surface area contributed by atoms with Crippen LogP contribution in [0.15, 0.2) is 4.99 Å². The van der Waals surface area contributed by atoms with Gasteiger partial charge in [0.05, 0.1) is 12.1 Å². The maximum Gasteiger partial charge on any atom is 0.326 e. The van der Waals surface area contributed by atoms with E-state index in [1.165, 1.54) is 6.92 Å². The van der Waals surface area contributed by atoms with E-state index >= 15 is 0 Å². The van der Waals surface area contributed by atoms with Gasteiger partial charge in [0.2, 0.25) is 17.7 Å². The monoisotopic (exact) mass is 491 g/mol. The number of aliphatic carboxylic acids is 1. The van der Waals surface area contributed by atoms with Gasteiger partial charge in [-0.3, -0.25) is 19.4 Å². The molecule has 0 aromatic carbocycles. The van der Waals surface area contributed by atoms with Crippen molar-refractivity contribution in [3.05, 3.63) is 0 Å². The maximum atomic E-state index is 12.9. The molecule has 0 aromatic heterocycles. The number of thiol groups is 1. The number of nitrogens with zero attached hydrogens (tertiary/aromatic N) is 1. The molecule has 0 heterocycles. The highest BCUT2D eigenvalue weighted by Crippen LogP contribution is 2.10. The summed E-state index contributed by atoms with van der Waals surface area (Å²) in [6.45, 7) is 4.98. The Hall–Kier alpha value is -2.58. The number of guanidine groups is 1. The second-order valence-corrected chi connectivity index (χ2v) is 8.10. The molecule has 0 rings (SSSR count). The first-order chi connectivity index (χ1) is 15.3. The van der Waals surface area contributed by atoms with E-state index in [4.69, 9.17) is 17.2 Å². The summed E-state index contributed by atoms with van der Waals surface area (Å²) in [6, 6.07) is -4.71. The van der Waals surface area contributed by atoms with Crippen molar-refractivity contribution in [2.75, 3.05) is 12.3 Å². The molecular weight excluding hydrogens is 454 g/mol. The van der Waals surface area contributed by atoms with E-state index in [0.717, 1.165) is 0 Å². The lowest BCUT2D eigenvalue weighted by molar-refractivity contribution is -0.143. The minimum atomic E-state index is -1.38. The number of carboxylic acids is 1. The maximum absolute atomic E-state index is 12.9. The number of carboxylic acid groups (broad SMARTS) is 1. The van der Waals surface area contributed by atoms with Gasteiger partial charge in [-0.2, -0.15) is 12.6 Å². The number of carbonyl (C=O) groups excluding carboxylic acids is 3. The topological polar surface area (TPSA) is 235 Å². The Kier molecular flexibility index (Phi) is 14.1. The molecule has 6 unspecified atom stereocenters. The summed E-state index contributed by atoms with van der Waals surface area (Å²) in [4.78, 5) is 53.0. The lowest BCUT2D eigenvalue weighted by Gasteiger charge is -2.29. The number of nitrogens with two attached hydrogens (primary N) is 3. The summed E-state index contributed by atoms with van der Waals surface area (Å²) in [5.74, 6) is -3.95. The number of hydrogen-bond acceptors (Lipinski definition) is 8. The average molecular weight is 492 g/mol. The normalized spacial score (nSPS) is 16.3. The molecule has 0 aromatic rings. The summed E-state index contributed by atoms with van der Waals surface area (Å²) >= 11 is 3.92. The van der Waals surface area contributed by atoms with Crippen LogP contribution in [0.25, 0.3) is 0 Å².